The first-order valence-corrected chi connectivity index (χ1v) is 6.85. The van der Waals surface area contributed by atoms with Crippen molar-refractivity contribution < 1.29 is 32.6 Å². The summed E-state index contributed by atoms with van der Waals surface area (Å²) < 4.78 is 38.7. The molecule has 0 fully saturated rings. The molecule has 0 aromatic heterocycles. The second-order valence-electron chi connectivity index (χ2n) is 4.02. The van der Waals surface area contributed by atoms with E-state index in [1.165, 1.54) is 13.0 Å². The Balaban J connectivity index is 3.06. The fourth-order valence-corrected chi connectivity index (χ4v) is 2.55. The largest absolute Gasteiger partial charge is 0.481 e. The summed E-state index contributed by atoms with van der Waals surface area (Å²) in [6, 6.07) is 1.22. The Morgan fingerprint density at radius 3 is 2.40 bits per heavy atom. The maximum absolute atomic E-state index is 13.3. The van der Waals surface area contributed by atoms with E-state index >= 15 is 0 Å². The van der Waals surface area contributed by atoms with Crippen LogP contribution in [0.25, 0.3) is 0 Å². The minimum absolute atomic E-state index is 0.226. The molecule has 0 spiro atoms. The molecular formula is C11H12FNO6S. The van der Waals surface area contributed by atoms with E-state index in [1.807, 2.05) is 0 Å². The first-order chi connectivity index (χ1) is 9.13. The summed E-state index contributed by atoms with van der Waals surface area (Å²) in [6.45, 7) is 1.43. The molecule has 1 atom stereocenters. The molecule has 20 heavy (non-hydrogen) atoms. The highest BCUT2D eigenvalue weighted by molar-refractivity contribution is 7.89. The Morgan fingerprint density at radius 1 is 1.35 bits per heavy atom. The van der Waals surface area contributed by atoms with Gasteiger partial charge < -0.3 is 10.2 Å². The van der Waals surface area contributed by atoms with Gasteiger partial charge in [0, 0.05) is 0 Å². The monoisotopic (exact) mass is 305 g/mol. The molecule has 0 aliphatic carbocycles. The number of hydrogen-bond donors (Lipinski definition) is 3. The Kier molecular flexibility index (Phi) is 4.79. The second-order valence-corrected chi connectivity index (χ2v) is 5.73. The standard InChI is InChI=1S/C11H12FNO6S/c1-6-2-3-7(4-8(6)12)20(18,19)13-9(11(16)17)5-10(14)15/h2-4,9,13H,5H2,1H3,(H,14,15)(H,16,17). The smallest absolute Gasteiger partial charge is 0.322 e. The predicted octanol–water partition coefficient (Wildman–Crippen LogP) is 0.340. The van der Waals surface area contributed by atoms with E-state index < -0.39 is 45.1 Å². The molecule has 1 unspecified atom stereocenters. The number of carboxylic acid groups (broad SMARTS) is 2. The van der Waals surface area contributed by atoms with Gasteiger partial charge in [-0.25, -0.2) is 12.8 Å². The lowest BCUT2D eigenvalue weighted by Gasteiger charge is -2.13. The van der Waals surface area contributed by atoms with Crippen LogP contribution in [0.3, 0.4) is 0 Å². The van der Waals surface area contributed by atoms with Gasteiger partial charge in [-0.2, -0.15) is 4.72 Å². The molecule has 0 aliphatic rings. The molecule has 9 heteroatoms. The highest BCUT2D eigenvalue weighted by Crippen LogP contribution is 2.15. The van der Waals surface area contributed by atoms with Crippen molar-refractivity contribution in [2.24, 2.45) is 0 Å². The third-order valence-electron chi connectivity index (χ3n) is 2.43. The second kappa shape index (κ2) is 5.97. The maximum atomic E-state index is 13.3. The third kappa shape index (κ3) is 4.00. The summed E-state index contributed by atoms with van der Waals surface area (Å²) in [7, 11) is -4.32. The van der Waals surface area contributed by atoms with Crippen LogP contribution in [-0.2, 0) is 19.6 Å². The number of hydrogen-bond acceptors (Lipinski definition) is 4. The van der Waals surface area contributed by atoms with Crippen LogP contribution in [-0.4, -0.2) is 36.6 Å². The number of carbonyl (C=O) groups is 2. The lowest BCUT2D eigenvalue weighted by Crippen LogP contribution is -2.42. The number of benzene rings is 1. The Morgan fingerprint density at radius 2 is 1.95 bits per heavy atom. The summed E-state index contributed by atoms with van der Waals surface area (Å²) in [5.74, 6) is -3.88. The average molecular weight is 305 g/mol. The number of aryl methyl sites for hydroxylation is 1. The molecule has 7 nitrogen and oxygen atoms in total. The molecule has 0 radical (unpaired) electrons. The predicted molar refractivity (Wildman–Crippen MR) is 65.1 cm³/mol. The van der Waals surface area contributed by atoms with Gasteiger partial charge in [-0.3, -0.25) is 9.59 Å². The molecular weight excluding hydrogens is 293 g/mol. The molecule has 1 aromatic carbocycles. The molecule has 0 amide bonds. The number of rotatable bonds is 6. The number of sulfonamides is 1. The van der Waals surface area contributed by atoms with Gasteiger partial charge >= 0.3 is 11.9 Å². The van der Waals surface area contributed by atoms with E-state index in [9.17, 15) is 22.4 Å². The average Bonchev–Trinajstić information content (AvgIpc) is 2.30. The van der Waals surface area contributed by atoms with Crippen LogP contribution in [0.5, 0.6) is 0 Å². The van der Waals surface area contributed by atoms with Crippen LogP contribution in [0.15, 0.2) is 23.1 Å². The number of nitrogens with one attached hydrogen (secondary N) is 1. The van der Waals surface area contributed by atoms with Gasteiger partial charge in [0.25, 0.3) is 0 Å². The normalized spacial score (nSPS) is 12.9. The SMILES string of the molecule is Cc1ccc(S(=O)(=O)NC(CC(=O)O)C(=O)O)cc1F. The van der Waals surface area contributed by atoms with Crippen LogP contribution in [0.4, 0.5) is 4.39 Å². The third-order valence-corrected chi connectivity index (χ3v) is 3.90. The fraction of sp³-hybridized carbons (Fsp3) is 0.273. The molecule has 3 N–H and O–H groups in total. The van der Waals surface area contributed by atoms with Crippen molar-refractivity contribution in [3.05, 3.63) is 29.6 Å². The van der Waals surface area contributed by atoms with Gasteiger partial charge in [0.2, 0.25) is 10.0 Å². The van der Waals surface area contributed by atoms with Crippen molar-refractivity contribution in [1.82, 2.24) is 4.72 Å². The number of halogens is 1. The van der Waals surface area contributed by atoms with Gasteiger partial charge in [0.05, 0.1) is 11.3 Å². The Hall–Kier alpha value is -2.00. The highest BCUT2D eigenvalue weighted by atomic mass is 32.2. The maximum Gasteiger partial charge on any atom is 0.322 e. The fourth-order valence-electron chi connectivity index (χ4n) is 1.35. The minimum atomic E-state index is -4.32. The number of carboxylic acids is 2. The molecule has 110 valence electrons. The van der Waals surface area contributed by atoms with Gasteiger partial charge in [-0.15, -0.1) is 0 Å². The topological polar surface area (TPSA) is 121 Å². The lowest BCUT2D eigenvalue weighted by molar-refractivity contribution is -0.145. The summed E-state index contributed by atoms with van der Waals surface area (Å²) in [5, 5.41) is 17.3. The first kappa shape index (κ1) is 16.1. The minimum Gasteiger partial charge on any atom is -0.481 e. The molecule has 0 heterocycles. The summed E-state index contributed by atoms with van der Waals surface area (Å²) in [6.07, 6.45) is -0.928. The van der Waals surface area contributed by atoms with E-state index in [1.54, 1.807) is 4.72 Å². The molecule has 0 saturated heterocycles. The van der Waals surface area contributed by atoms with Gasteiger partial charge in [-0.05, 0) is 24.6 Å². The molecule has 0 bridgehead atoms. The zero-order valence-corrected chi connectivity index (χ0v) is 11.1. The van der Waals surface area contributed by atoms with Crippen molar-refractivity contribution in [1.29, 1.82) is 0 Å². The Labute approximate surface area is 114 Å². The van der Waals surface area contributed by atoms with Crippen molar-refractivity contribution in [2.75, 3.05) is 0 Å². The van der Waals surface area contributed by atoms with Crippen LogP contribution in [0.2, 0.25) is 0 Å². The Bertz CT molecular complexity index is 642. The van der Waals surface area contributed by atoms with E-state index in [2.05, 4.69) is 0 Å². The van der Waals surface area contributed by atoms with Gasteiger partial charge in [0.1, 0.15) is 11.9 Å². The van der Waals surface area contributed by atoms with E-state index in [4.69, 9.17) is 10.2 Å². The van der Waals surface area contributed by atoms with E-state index in [0.29, 0.717) is 0 Å². The molecule has 0 saturated carbocycles. The highest BCUT2D eigenvalue weighted by Gasteiger charge is 2.27. The van der Waals surface area contributed by atoms with Crippen LogP contribution in [0, 0.1) is 12.7 Å². The summed E-state index contributed by atoms with van der Waals surface area (Å²) in [5.41, 5.74) is 0.226. The first-order valence-electron chi connectivity index (χ1n) is 5.36. The van der Waals surface area contributed by atoms with E-state index in [0.717, 1.165) is 12.1 Å². The molecule has 1 rings (SSSR count). The number of aliphatic carboxylic acids is 2. The zero-order chi connectivity index (χ0) is 15.5. The van der Waals surface area contributed by atoms with Crippen molar-refractivity contribution >= 4 is 22.0 Å². The lowest BCUT2D eigenvalue weighted by atomic mass is 10.2. The molecule has 0 aliphatic heterocycles. The zero-order valence-electron chi connectivity index (χ0n) is 10.3. The van der Waals surface area contributed by atoms with Gasteiger partial charge in [-0.1, -0.05) is 6.07 Å². The van der Waals surface area contributed by atoms with Crippen LogP contribution in [0.1, 0.15) is 12.0 Å². The van der Waals surface area contributed by atoms with Crippen molar-refractivity contribution in [3.8, 4) is 0 Å². The quantitative estimate of drug-likeness (QED) is 0.697. The van der Waals surface area contributed by atoms with Crippen molar-refractivity contribution in [3.63, 3.8) is 0 Å². The van der Waals surface area contributed by atoms with Gasteiger partial charge in [0.15, 0.2) is 0 Å². The van der Waals surface area contributed by atoms with Crippen LogP contribution < -0.4 is 4.72 Å². The summed E-state index contributed by atoms with van der Waals surface area (Å²) in [4.78, 5) is 20.8. The van der Waals surface area contributed by atoms with Crippen LogP contribution >= 0.6 is 0 Å². The van der Waals surface area contributed by atoms with Crippen molar-refractivity contribution in [2.45, 2.75) is 24.3 Å². The molecule has 1 aromatic rings. The summed E-state index contributed by atoms with van der Waals surface area (Å²) >= 11 is 0. The van der Waals surface area contributed by atoms with E-state index in [-0.39, 0.29) is 5.56 Å².